The van der Waals surface area contributed by atoms with Crippen molar-refractivity contribution in [2.75, 3.05) is 45.2 Å². The zero-order chi connectivity index (χ0) is 33.4. The molecular formula is C37H39N9O3. The van der Waals surface area contributed by atoms with Crippen molar-refractivity contribution >= 4 is 28.4 Å². The lowest BCUT2D eigenvalue weighted by molar-refractivity contribution is -0.138. The van der Waals surface area contributed by atoms with Crippen LogP contribution >= 0.6 is 0 Å². The van der Waals surface area contributed by atoms with Crippen LogP contribution in [0.25, 0.3) is 33.7 Å². The first kappa shape index (κ1) is 31.2. The summed E-state index contributed by atoms with van der Waals surface area (Å²) in [5, 5.41) is 11.5. The zero-order valence-electron chi connectivity index (χ0n) is 27.5. The predicted octanol–water partition coefficient (Wildman–Crippen LogP) is 4.79. The van der Waals surface area contributed by atoms with Crippen LogP contribution in [0, 0.1) is 0 Å². The number of hydrogen-bond acceptors (Lipinski definition) is 9. The summed E-state index contributed by atoms with van der Waals surface area (Å²) in [6.45, 7) is 2.64. The van der Waals surface area contributed by atoms with Gasteiger partial charge in [-0.25, -0.2) is 19.9 Å². The number of piperidine rings is 1. The molecule has 2 saturated heterocycles. The van der Waals surface area contributed by atoms with Gasteiger partial charge in [0, 0.05) is 74.4 Å². The van der Waals surface area contributed by atoms with Gasteiger partial charge in [0.05, 0.1) is 17.8 Å². The normalized spacial score (nSPS) is 20.1. The molecule has 0 unspecified atom stereocenters. The minimum atomic E-state index is -1.05. The second kappa shape index (κ2) is 13.1. The molecule has 2 amide bonds. The van der Waals surface area contributed by atoms with E-state index >= 15 is 0 Å². The van der Waals surface area contributed by atoms with Crippen LogP contribution in [-0.4, -0.2) is 97.2 Å². The average molecular weight is 658 g/mol. The maximum Gasteiger partial charge on any atom is 0.258 e. The molecule has 2 N–H and O–H groups in total. The van der Waals surface area contributed by atoms with E-state index in [0.29, 0.717) is 50.1 Å². The molecule has 5 aromatic rings. The number of rotatable bonds is 9. The highest BCUT2D eigenvalue weighted by Crippen LogP contribution is 2.39. The highest BCUT2D eigenvalue weighted by molar-refractivity contribution is 6.01. The molecule has 0 spiro atoms. The van der Waals surface area contributed by atoms with Gasteiger partial charge in [0.1, 0.15) is 11.5 Å². The van der Waals surface area contributed by atoms with Gasteiger partial charge in [0.25, 0.3) is 5.91 Å². The minimum absolute atomic E-state index is 0.0924. The quantitative estimate of drug-likeness (QED) is 0.229. The summed E-state index contributed by atoms with van der Waals surface area (Å²) < 4.78 is 5.87. The van der Waals surface area contributed by atoms with Crippen molar-refractivity contribution in [3.63, 3.8) is 0 Å². The second-order valence-corrected chi connectivity index (χ2v) is 13.4. The fourth-order valence-electron chi connectivity index (χ4n) is 7.12. The fourth-order valence-corrected chi connectivity index (χ4v) is 7.12. The third-order valence-corrected chi connectivity index (χ3v) is 10.2. The average Bonchev–Trinajstić information content (AvgIpc) is 3.79. The Morgan fingerprint density at radius 1 is 0.939 bits per heavy atom. The smallest absolute Gasteiger partial charge is 0.258 e. The molecule has 1 atom stereocenters. The number of anilines is 1. The number of nitrogens with zero attached hydrogens (tertiary/aromatic N) is 7. The number of ether oxygens (including phenoxy) is 1. The van der Waals surface area contributed by atoms with Crippen molar-refractivity contribution in [2.24, 2.45) is 0 Å². The molecule has 8 rings (SSSR count). The van der Waals surface area contributed by atoms with E-state index in [9.17, 15) is 9.59 Å². The van der Waals surface area contributed by atoms with Gasteiger partial charge in [-0.05, 0) is 73.9 Å². The zero-order valence-corrected chi connectivity index (χ0v) is 27.5. The number of amides is 2. The molecule has 0 bridgehead atoms. The van der Waals surface area contributed by atoms with Gasteiger partial charge in [0.2, 0.25) is 5.91 Å². The van der Waals surface area contributed by atoms with Gasteiger partial charge in [-0.1, -0.05) is 24.3 Å². The summed E-state index contributed by atoms with van der Waals surface area (Å²) >= 11 is 0. The van der Waals surface area contributed by atoms with E-state index in [2.05, 4.69) is 54.7 Å². The number of methoxy groups -OCH3 is 1. The van der Waals surface area contributed by atoms with Gasteiger partial charge >= 0.3 is 0 Å². The minimum Gasteiger partial charge on any atom is -0.367 e. The molecule has 49 heavy (non-hydrogen) atoms. The van der Waals surface area contributed by atoms with Crippen molar-refractivity contribution in [2.45, 2.75) is 49.5 Å². The molecular weight excluding hydrogens is 618 g/mol. The van der Waals surface area contributed by atoms with Crippen molar-refractivity contribution in [1.82, 2.24) is 39.9 Å². The van der Waals surface area contributed by atoms with Crippen LogP contribution in [-0.2, 0) is 14.3 Å². The Balaban J connectivity index is 0.868. The molecule has 1 saturated carbocycles. The van der Waals surface area contributed by atoms with Crippen LogP contribution in [0.1, 0.15) is 55.3 Å². The number of H-pyrrole nitrogens is 1. The summed E-state index contributed by atoms with van der Waals surface area (Å²) in [4.78, 5) is 49.0. The molecule has 250 valence electrons. The Morgan fingerprint density at radius 2 is 1.73 bits per heavy atom. The maximum absolute atomic E-state index is 13.7. The van der Waals surface area contributed by atoms with Gasteiger partial charge in [-0.15, -0.1) is 0 Å². The third-order valence-electron chi connectivity index (χ3n) is 10.2. The lowest BCUT2D eigenvalue weighted by Crippen LogP contribution is -2.48. The monoisotopic (exact) mass is 657 g/mol. The fraction of sp³-hybridized carbons (Fsp3) is 0.378. The topological polar surface area (TPSA) is 142 Å². The van der Waals surface area contributed by atoms with E-state index in [4.69, 9.17) is 9.72 Å². The van der Waals surface area contributed by atoms with Gasteiger partial charge in [-0.2, -0.15) is 5.10 Å². The Kier molecular flexibility index (Phi) is 8.34. The van der Waals surface area contributed by atoms with Crippen molar-refractivity contribution in [3.05, 3.63) is 84.6 Å². The van der Waals surface area contributed by atoms with Crippen LogP contribution < -0.4 is 5.32 Å². The number of benzene rings is 2. The molecule has 12 nitrogen and oxygen atoms in total. The number of aromatic nitrogens is 6. The van der Waals surface area contributed by atoms with Crippen molar-refractivity contribution in [1.29, 1.82) is 0 Å². The number of likely N-dealkylation sites (tertiary alicyclic amines) is 2. The number of nitrogens with one attached hydrogen (secondary N) is 2. The van der Waals surface area contributed by atoms with Gasteiger partial charge < -0.3 is 15.0 Å². The summed E-state index contributed by atoms with van der Waals surface area (Å²) in [5.74, 6) is 2.29. The van der Waals surface area contributed by atoms with Crippen LogP contribution in [0.3, 0.4) is 0 Å². The number of carbonyl (C=O) groups is 2. The standard InChI is InChI=1S/C37H39N9O3/c1-49-37(36(48)41-28-9-10-30-29(21-28)33(44-43-30)31-11-17-40-35(42-31)27-7-8-27)14-20-45(23-37)22-32(47)46-18-12-25(13-19-46)24-3-5-26(6-4-24)34-38-15-2-16-39-34/h2-6,9-11,15-17,21,25,27H,7-8,12-14,18-20,22-23H2,1H3,(H,41,48)(H,43,44)/t37-/m0/s1. The number of aromatic amines is 1. The first-order valence-corrected chi connectivity index (χ1v) is 17.0. The highest BCUT2D eigenvalue weighted by Gasteiger charge is 2.45. The Hall–Kier alpha value is -5.07. The summed E-state index contributed by atoms with van der Waals surface area (Å²) in [6.07, 6.45) is 9.85. The van der Waals surface area contributed by atoms with Crippen molar-refractivity contribution < 1.29 is 14.3 Å². The van der Waals surface area contributed by atoms with Crippen LogP contribution in [0.15, 0.2) is 73.2 Å². The molecule has 2 aromatic carbocycles. The maximum atomic E-state index is 13.7. The largest absolute Gasteiger partial charge is 0.367 e. The lowest BCUT2D eigenvalue weighted by atomic mass is 9.89. The molecule has 2 aliphatic heterocycles. The van der Waals surface area contributed by atoms with Gasteiger partial charge in [-0.3, -0.25) is 19.6 Å². The molecule has 1 aliphatic carbocycles. The summed E-state index contributed by atoms with van der Waals surface area (Å²) in [6, 6.07) is 17.8. The first-order chi connectivity index (χ1) is 24.0. The Bertz CT molecular complexity index is 1970. The molecule has 5 heterocycles. The number of carbonyl (C=O) groups excluding carboxylic acids is 2. The number of hydrogen-bond donors (Lipinski definition) is 2. The van der Waals surface area contributed by atoms with Gasteiger partial charge in [0.15, 0.2) is 11.4 Å². The molecule has 3 aliphatic rings. The number of fused-ring (bicyclic) bond motifs is 1. The van der Waals surface area contributed by atoms with Crippen LogP contribution in [0.5, 0.6) is 0 Å². The van der Waals surface area contributed by atoms with E-state index in [-0.39, 0.29) is 18.4 Å². The molecule has 3 fully saturated rings. The van der Waals surface area contributed by atoms with Crippen LogP contribution in [0.2, 0.25) is 0 Å². The van der Waals surface area contributed by atoms with E-state index in [1.54, 1.807) is 25.7 Å². The Morgan fingerprint density at radius 3 is 2.49 bits per heavy atom. The molecule has 0 radical (unpaired) electrons. The third kappa shape index (κ3) is 6.41. The molecule has 3 aromatic heterocycles. The van der Waals surface area contributed by atoms with E-state index in [1.807, 2.05) is 40.1 Å². The summed E-state index contributed by atoms with van der Waals surface area (Å²) in [7, 11) is 1.57. The lowest BCUT2D eigenvalue weighted by Gasteiger charge is -2.33. The SMILES string of the molecule is CO[C@@]1(C(=O)Nc2ccc3[nH]nc(-c4ccnc(C5CC5)n4)c3c2)CCN(CC(=O)N2CCC(c3ccc(-c4ncccn4)cc3)CC2)C1. The summed E-state index contributed by atoms with van der Waals surface area (Å²) in [5.41, 5.74) is 4.21. The first-order valence-electron chi connectivity index (χ1n) is 17.0. The predicted molar refractivity (Wildman–Crippen MR) is 185 cm³/mol. The van der Waals surface area contributed by atoms with Crippen LogP contribution in [0.4, 0.5) is 5.69 Å². The van der Waals surface area contributed by atoms with E-state index in [1.165, 1.54) is 5.56 Å². The Labute approximate surface area is 284 Å². The second-order valence-electron chi connectivity index (χ2n) is 13.4. The highest BCUT2D eigenvalue weighted by atomic mass is 16.5. The van der Waals surface area contributed by atoms with E-state index in [0.717, 1.165) is 65.2 Å². The van der Waals surface area contributed by atoms with E-state index < -0.39 is 5.60 Å². The van der Waals surface area contributed by atoms with Crippen molar-refractivity contribution in [3.8, 4) is 22.8 Å². The molecule has 12 heteroatoms.